The van der Waals surface area contributed by atoms with Gasteiger partial charge in [-0.15, -0.1) is 0 Å². The number of carbonyl (C=O) groups excluding carboxylic acids is 1. The number of nitrogens with one attached hydrogen (secondary N) is 1. The fraction of sp³-hybridized carbons (Fsp3) is 0.412. The normalized spacial score (nSPS) is 15.6. The van der Waals surface area contributed by atoms with Crippen LogP contribution in [0.1, 0.15) is 31.5 Å². The van der Waals surface area contributed by atoms with E-state index in [4.69, 9.17) is 4.79 Å². The number of para-hydroxylation sites is 1. The third kappa shape index (κ3) is 3.32. The van der Waals surface area contributed by atoms with Gasteiger partial charge in [0.15, 0.2) is 5.43 Å². The molecule has 0 unspecified atom stereocenters. The number of aryl methyl sites for hydroxylation is 1. The van der Waals surface area contributed by atoms with Crippen molar-refractivity contribution in [3.63, 3.8) is 0 Å². The summed E-state index contributed by atoms with van der Waals surface area (Å²) in [5, 5.41) is 0.823. The van der Waals surface area contributed by atoms with Crippen LogP contribution in [0.3, 0.4) is 0 Å². The minimum absolute atomic E-state index is 0.224. The van der Waals surface area contributed by atoms with Gasteiger partial charge in [-0.25, -0.2) is 0 Å². The van der Waals surface area contributed by atoms with Crippen LogP contribution < -0.4 is 5.43 Å². The maximum atomic E-state index is 12.4. The van der Waals surface area contributed by atoms with Crippen molar-refractivity contribution >= 4 is 17.4 Å². The fourth-order valence-electron chi connectivity index (χ4n) is 2.76. The first-order valence-corrected chi connectivity index (χ1v) is 7.08. The highest BCUT2D eigenvalue weighted by molar-refractivity contribution is 5.79. The number of hydrogen-bond donors (Lipinski definition) is 1. The smallest absolute Gasteiger partial charge is 0.292 e. The molecular formula is C17H21NO3. The number of carbonyl (C=O) groups is 1. The van der Waals surface area contributed by atoms with Crippen LogP contribution in [0.5, 0.6) is 0 Å². The Morgan fingerprint density at radius 2 is 1.95 bits per heavy atom. The summed E-state index contributed by atoms with van der Waals surface area (Å²) in [5.74, 6) is 0. The van der Waals surface area contributed by atoms with Crippen molar-refractivity contribution in [2.45, 2.75) is 33.1 Å². The molecule has 1 N–H and O–H groups in total. The monoisotopic (exact) mass is 287 g/mol. The number of aromatic amines is 1. The number of ether oxygens (including phenoxy) is 1. The highest BCUT2D eigenvalue weighted by Gasteiger charge is 2.27. The van der Waals surface area contributed by atoms with Crippen LogP contribution in [0.4, 0.5) is 0 Å². The summed E-state index contributed by atoms with van der Waals surface area (Å²) in [7, 11) is 1.31. The third-order valence-corrected chi connectivity index (χ3v) is 3.90. The Hall–Kier alpha value is -2.10. The van der Waals surface area contributed by atoms with Crippen molar-refractivity contribution in [2.24, 2.45) is 5.41 Å². The zero-order valence-electron chi connectivity index (χ0n) is 12.7. The van der Waals surface area contributed by atoms with E-state index in [1.165, 1.54) is 7.11 Å². The summed E-state index contributed by atoms with van der Waals surface area (Å²) in [6, 6.07) is 7.79. The average molecular weight is 287 g/mol. The number of H-pyrrole nitrogens is 1. The minimum atomic E-state index is 0.224. The topological polar surface area (TPSA) is 59.2 Å². The Morgan fingerprint density at radius 3 is 2.62 bits per heavy atom. The summed E-state index contributed by atoms with van der Waals surface area (Å²) < 4.78 is 3.86. The van der Waals surface area contributed by atoms with Gasteiger partial charge in [0.2, 0.25) is 0 Å². The molecule has 3 rings (SSSR count). The maximum Gasteiger partial charge on any atom is 0.292 e. The van der Waals surface area contributed by atoms with Crippen LogP contribution in [0.15, 0.2) is 29.1 Å². The fourth-order valence-corrected chi connectivity index (χ4v) is 2.76. The van der Waals surface area contributed by atoms with Gasteiger partial charge in [0.25, 0.3) is 6.47 Å². The van der Waals surface area contributed by atoms with Crippen molar-refractivity contribution < 1.29 is 9.53 Å². The highest BCUT2D eigenvalue weighted by Crippen LogP contribution is 2.33. The second kappa shape index (κ2) is 6.12. The van der Waals surface area contributed by atoms with E-state index in [0.29, 0.717) is 6.47 Å². The minimum Gasteiger partial charge on any atom is -0.471 e. The molecule has 1 heterocycles. The lowest BCUT2D eigenvalue weighted by Gasteiger charge is -2.30. The zero-order valence-corrected chi connectivity index (χ0v) is 12.7. The maximum absolute atomic E-state index is 12.4. The van der Waals surface area contributed by atoms with Crippen molar-refractivity contribution in [2.75, 3.05) is 7.11 Å². The lowest BCUT2D eigenvalue weighted by atomic mass is 9.75. The molecule has 1 aromatic carbocycles. The van der Waals surface area contributed by atoms with Gasteiger partial charge in [0.05, 0.1) is 7.11 Å². The summed E-state index contributed by atoms with van der Waals surface area (Å²) in [6.07, 6.45) is 3.03. The van der Waals surface area contributed by atoms with Crippen molar-refractivity contribution in [3.8, 4) is 0 Å². The molecule has 4 nitrogen and oxygen atoms in total. The molecule has 2 aromatic rings. The lowest BCUT2D eigenvalue weighted by Crippen LogP contribution is -2.28. The van der Waals surface area contributed by atoms with E-state index in [1.54, 1.807) is 0 Å². The molecule has 1 aliphatic carbocycles. The van der Waals surface area contributed by atoms with Crippen LogP contribution in [0, 0.1) is 5.41 Å². The van der Waals surface area contributed by atoms with Gasteiger partial charge in [-0.2, -0.15) is 0 Å². The predicted octanol–water partition coefficient (Wildman–Crippen LogP) is 2.83. The number of fused-ring (bicyclic) bond motifs is 2. The van der Waals surface area contributed by atoms with Crippen LogP contribution >= 0.6 is 0 Å². The largest absolute Gasteiger partial charge is 0.471 e. The van der Waals surface area contributed by atoms with E-state index in [0.717, 1.165) is 41.4 Å². The molecule has 0 atom stereocenters. The number of pyridine rings is 1. The van der Waals surface area contributed by atoms with Gasteiger partial charge < -0.3 is 9.72 Å². The first-order valence-electron chi connectivity index (χ1n) is 7.08. The Labute approximate surface area is 124 Å². The van der Waals surface area contributed by atoms with E-state index < -0.39 is 0 Å². The molecule has 0 amide bonds. The zero-order chi connectivity index (χ0) is 15.5. The Bertz CT molecular complexity index is 701. The second-order valence-corrected chi connectivity index (χ2v) is 6.13. The summed E-state index contributed by atoms with van der Waals surface area (Å²) in [5.41, 5.74) is 3.59. The number of rotatable bonds is 1. The Balaban J connectivity index is 0.000000361. The van der Waals surface area contributed by atoms with E-state index in [1.807, 2.05) is 24.3 Å². The Kier molecular flexibility index (Phi) is 4.46. The average Bonchev–Trinajstić information content (AvgIpc) is 2.48. The third-order valence-electron chi connectivity index (χ3n) is 3.90. The van der Waals surface area contributed by atoms with E-state index in [2.05, 4.69) is 23.6 Å². The quantitative estimate of drug-likeness (QED) is 0.820. The summed E-state index contributed by atoms with van der Waals surface area (Å²) in [6.45, 7) is 4.86. The van der Waals surface area contributed by atoms with Crippen molar-refractivity contribution in [3.05, 3.63) is 45.7 Å². The lowest BCUT2D eigenvalue weighted by molar-refractivity contribution is -0.126. The first kappa shape index (κ1) is 15.3. The molecule has 0 spiro atoms. The molecule has 0 saturated carbocycles. The van der Waals surface area contributed by atoms with Crippen molar-refractivity contribution in [1.29, 1.82) is 0 Å². The van der Waals surface area contributed by atoms with Gasteiger partial charge in [-0.1, -0.05) is 26.0 Å². The van der Waals surface area contributed by atoms with E-state index >= 15 is 0 Å². The number of aromatic nitrogens is 1. The van der Waals surface area contributed by atoms with E-state index in [9.17, 15) is 4.79 Å². The number of benzene rings is 1. The van der Waals surface area contributed by atoms with Gasteiger partial charge in [0.1, 0.15) is 0 Å². The molecular weight excluding hydrogens is 266 g/mol. The predicted molar refractivity (Wildman–Crippen MR) is 83.4 cm³/mol. The van der Waals surface area contributed by atoms with E-state index in [-0.39, 0.29) is 10.8 Å². The van der Waals surface area contributed by atoms with Crippen LogP contribution in [-0.4, -0.2) is 18.6 Å². The van der Waals surface area contributed by atoms with Gasteiger partial charge >= 0.3 is 0 Å². The standard InChI is InChI=1S/C15H17NO.C2H4O2/c1-15(2)8-7-13-11(9-15)14(17)10-5-3-4-6-12(10)16-13;1-4-2-3/h3-6H,7-9H2,1-2H3,(H,16,17);2H,1H3. The summed E-state index contributed by atoms with van der Waals surface area (Å²) >= 11 is 0. The molecule has 0 bridgehead atoms. The van der Waals surface area contributed by atoms with Gasteiger partial charge in [-0.05, 0) is 36.8 Å². The SMILES string of the molecule is CC1(C)CCc2[nH]c3ccccc3c(=O)c2C1.COC=O. The molecule has 0 saturated heterocycles. The molecule has 1 aromatic heterocycles. The van der Waals surface area contributed by atoms with Crippen LogP contribution in [-0.2, 0) is 22.4 Å². The Morgan fingerprint density at radius 1 is 1.29 bits per heavy atom. The number of methoxy groups -OCH3 is 1. The van der Waals surface area contributed by atoms with Gasteiger partial charge in [0, 0.05) is 22.2 Å². The van der Waals surface area contributed by atoms with Gasteiger partial charge in [-0.3, -0.25) is 9.59 Å². The van der Waals surface area contributed by atoms with Crippen LogP contribution in [0.25, 0.3) is 10.9 Å². The molecule has 0 radical (unpaired) electrons. The van der Waals surface area contributed by atoms with Crippen LogP contribution in [0.2, 0.25) is 0 Å². The second-order valence-electron chi connectivity index (χ2n) is 6.13. The highest BCUT2D eigenvalue weighted by atomic mass is 16.5. The molecule has 0 fully saturated rings. The molecule has 21 heavy (non-hydrogen) atoms. The van der Waals surface area contributed by atoms with Crippen molar-refractivity contribution in [1.82, 2.24) is 4.98 Å². The molecule has 0 aliphatic heterocycles. The summed E-state index contributed by atoms with van der Waals surface area (Å²) in [4.78, 5) is 24.8. The first-order chi connectivity index (χ1) is 9.98. The molecule has 4 heteroatoms. The number of hydrogen-bond acceptors (Lipinski definition) is 3. The molecule has 1 aliphatic rings. The molecule has 112 valence electrons.